The van der Waals surface area contributed by atoms with E-state index in [1.54, 1.807) is 0 Å². The lowest BCUT2D eigenvalue weighted by Gasteiger charge is -2.31. The SMILES string of the molecule is CCC(C)CS(=O)(=O)C1COc2ccccc2C1N. The molecule has 1 heterocycles. The van der Waals surface area contributed by atoms with Crippen molar-refractivity contribution in [1.82, 2.24) is 0 Å². The van der Waals surface area contributed by atoms with E-state index in [1.807, 2.05) is 38.1 Å². The van der Waals surface area contributed by atoms with Gasteiger partial charge in [-0.3, -0.25) is 0 Å². The van der Waals surface area contributed by atoms with Crippen LogP contribution in [-0.4, -0.2) is 26.0 Å². The number of ether oxygens (including phenoxy) is 1. The smallest absolute Gasteiger partial charge is 0.158 e. The monoisotopic (exact) mass is 283 g/mol. The van der Waals surface area contributed by atoms with Gasteiger partial charge in [0.2, 0.25) is 0 Å². The van der Waals surface area contributed by atoms with E-state index in [2.05, 4.69) is 0 Å². The summed E-state index contributed by atoms with van der Waals surface area (Å²) >= 11 is 0. The molecule has 1 aliphatic heterocycles. The Morgan fingerprint density at radius 2 is 2.11 bits per heavy atom. The molecule has 1 aliphatic rings. The molecule has 0 saturated heterocycles. The van der Waals surface area contributed by atoms with Crippen LogP contribution in [0.25, 0.3) is 0 Å². The maximum atomic E-state index is 12.4. The minimum Gasteiger partial charge on any atom is -0.492 e. The molecule has 0 fully saturated rings. The predicted octanol–water partition coefficient (Wildman–Crippen LogP) is 1.91. The van der Waals surface area contributed by atoms with Crippen LogP contribution >= 0.6 is 0 Å². The van der Waals surface area contributed by atoms with Crippen LogP contribution < -0.4 is 10.5 Å². The van der Waals surface area contributed by atoms with Crippen LogP contribution in [0.1, 0.15) is 31.9 Å². The highest BCUT2D eigenvalue weighted by Crippen LogP contribution is 2.33. The minimum absolute atomic E-state index is 0.148. The zero-order valence-electron chi connectivity index (χ0n) is 11.4. The lowest BCUT2D eigenvalue weighted by Crippen LogP contribution is -2.43. The normalized spacial score (nSPS) is 24.4. The van der Waals surface area contributed by atoms with E-state index in [1.165, 1.54) is 0 Å². The summed E-state index contributed by atoms with van der Waals surface area (Å²) in [7, 11) is -3.24. The molecule has 4 nitrogen and oxygen atoms in total. The molecular weight excluding hydrogens is 262 g/mol. The first-order valence-electron chi connectivity index (χ1n) is 6.64. The standard InChI is InChI=1S/C14H21NO3S/c1-3-10(2)9-19(16,17)13-8-18-12-7-5-4-6-11(12)14(13)15/h4-7,10,13-14H,3,8-9,15H2,1-2H3. The third kappa shape index (κ3) is 2.92. The van der Waals surface area contributed by atoms with Crippen molar-refractivity contribution in [3.63, 3.8) is 0 Å². The number of hydrogen-bond donors (Lipinski definition) is 1. The fourth-order valence-corrected chi connectivity index (χ4v) is 4.47. The van der Waals surface area contributed by atoms with Gasteiger partial charge in [-0.15, -0.1) is 0 Å². The van der Waals surface area contributed by atoms with Gasteiger partial charge in [0.15, 0.2) is 9.84 Å². The van der Waals surface area contributed by atoms with E-state index in [-0.39, 0.29) is 18.3 Å². The summed E-state index contributed by atoms with van der Waals surface area (Å²) in [5, 5.41) is -0.642. The Kier molecular flexibility index (Phi) is 4.16. The second-order valence-corrected chi connectivity index (χ2v) is 7.52. The fourth-order valence-electron chi connectivity index (χ4n) is 2.33. The third-order valence-electron chi connectivity index (χ3n) is 3.76. The lowest BCUT2D eigenvalue weighted by atomic mass is 10.0. The number of fused-ring (bicyclic) bond motifs is 1. The Bertz CT molecular complexity index is 541. The van der Waals surface area contributed by atoms with Gasteiger partial charge in [-0.25, -0.2) is 8.42 Å². The molecule has 19 heavy (non-hydrogen) atoms. The summed E-state index contributed by atoms with van der Waals surface area (Å²) in [5.74, 6) is 1.02. The summed E-state index contributed by atoms with van der Waals surface area (Å²) in [6.45, 7) is 4.09. The van der Waals surface area contributed by atoms with Gasteiger partial charge in [-0.2, -0.15) is 0 Å². The summed E-state index contributed by atoms with van der Waals surface area (Å²) in [6.07, 6.45) is 0.846. The molecule has 5 heteroatoms. The Balaban J connectivity index is 2.24. The Labute approximate surface area is 114 Å². The summed E-state index contributed by atoms with van der Waals surface area (Å²) in [5.41, 5.74) is 6.92. The van der Waals surface area contributed by atoms with Crippen molar-refractivity contribution in [3.8, 4) is 5.75 Å². The van der Waals surface area contributed by atoms with Crippen molar-refractivity contribution in [2.45, 2.75) is 31.6 Å². The number of rotatable bonds is 4. The van der Waals surface area contributed by atoms with Crippen molar-refractivity contribution in [2.24, 2.45) is 11.7 Å². The lowest BCUT2D eigenvalue weighted by molar-refractivity contribution is 0.270. The van der Waals surface area contributed by atoms with E-state index in [4.69, 9.17) is 10.5 Å². The first-order valence-corrected chi connectivity index (χ1v) is 8.36. The third-order valence-corrected chi connectivity index (χ3v) is 6.14. The van der Waals surface area contributed by atoms with E-state index in [0.29, 0.717) is 5.75 Å². The molecule has 106 valence electrons. The van der Waals surface area contributed by atoms with Gasteiger partial charge >= 0.3 is 0 Å². The van der Waals surface area contributed by atoms with E-state index >= 15 is 0 Å². The highest BCUT2D eigenvalue weighted by molar-refractivity contribution is 7.92. The number of sulfone groups is 1. The molecule has 0 saturated carbocycles. The van der Waals surface area contributed by atoms with Crippen LogP contribution in [0.2, 0.25) is 0 Å². The minimum atomic E-state index is -3.24. The van der Waals surface area contributed by atoms with Crippen LogP contribution in [0.15, 0.2) is 24.3 Å². The summed E-state index contributed by atoms with van der Waals surface area (Å²) < 4.78 is 30.4. The molecule has 0 radical (unpaired) electrons. The second kappa shape index (κ2) is 5.51. The number of nitrogens with two attached hydrogens (primary N) is 1. The van der Waals surface area contributed by atoms with Crippen LogP contribution in [0.4, 0.5) is 0 Å². The average Bonchev–Trinajstić information content (AvgIpc) is 2.38. The first kappa shape index (κ1) is 14.3. The number of benzene rings is 1. The zero-order chi connectivity index (χ0) is 14.0. The van der Waals surface area contributed by atoms with Gasteiger partial charge in [0.05, 0.1) is 11.8 Å². The zero-order valence-corrected chi connectivity index (χ0v) is 12.2. The van der Waals surface area contributed by atoms with Gasteiger partial charge in [0, 0.05) is 5.56 Å². The molecule has 0 bridgehead atoms. The van der Waals surface area contributed by atoms with Crippen molar-refractivity contribution >= 4 is 9.84 Å². The average molecular weight is 283 g/mol. The summed E-state index contributed by atoms with van der Waals surface area (Å²) in [4.78, 5) is 0. The van der Waals surface area contributed by atoms with Gasteiger partial charge in [0.25, 0.3) is 0 Å². The highest BCUT2D eigenvalue weighted by atomic mass is 32.2. The highest BCUT2D eigenvalue weighted by Gasteiger charge is 2.37. The van der Waals surface area contributed by atoms with E-state index in [0.717, 1.165) is 12.0 Å². The van der Waals surface area contributed by atoms with Crippen LogP contribution in [0, 0.1) is 5.92 Å². The summed E-state index contributed by atoms with van der Waals surface area (Å²) in [6, 6.07) is 6.88. The van der Waals surface area contributed by atoms with E-state index < -0.39 is 21.1 Å². The van der Waals surface area contributed by atoms with E-state index in [9.17, 15) is 8.42 Å². The number of hydrogen-bond acceptors (Lipinski definition) is 4. The van der Waals surface area contributed by atoms with Gasteiger partial charge in [0.1, 0.15) is 17.6 Å². The molecule has 3 unspecified atom stereocenters. The number of para-hydroxylation sites is 1. The fraction of sp³-hybridized carbons (Fsp3) is 0.571. The molecule has 0 amide bonds. The van der Waals surface area contributed by atoms with Crippen LogP contribution in [0.3, 0.4) is 0 Å². The first-order chi connectivity index (χ1) is 8.95. The van der Waals surface area contributed by atoms with Gasteiger partial charge < -0.3 is 10.5 Å². The molecule has 2 rings (SSSR count). The maximum absolute atomic E-state index is 12.4. The predicted molar refractivity (Wildman–Crippen MR) is 75.9 cm³/mol. The molecule has 1 aromatic carbocycles. The Hall–Kier alpha value is -1.07. The molecule has 2 N–H and O–H groups in total. The second-order valence-electron chi connectivity index (χ2n) is 5.26. The van der Waals surface area contributed by atoms with Crippen LogP contribution in [0.5, 0.6) is 5.75 Å². The molecule has 0 aromatic heterocycles. The molecule has 3 atom stereocenters. The molecule has 1 aromatic rings. The Morgan fingerprint density at radius 3 is 2.79 bits per heavy atom. The topological polar surface area (TPSA) is 69.4 Å². The quantitative estimate of drug-likeness (QED) is 0.916. The molecule has 0 spiro atoms. The van der Waals surface area contributed by atoms with Gasteiger partial charge in [-0.1, -0.05) is 38.5 Å². The van der Waals surface area contributed by atoms with Gasteiger partial charge in [-0.05, 0) is 12.0 Å². The maximum Gasteiger partial charge on any atom is 0.158 e. The van der Waals surface area contributed by atoms with Crippen molar-refractivity contribution in [3.05, 3.63) is 29.8 Å². The van der Waals surface area contributed by atoms with Crippen molar-refractivity contribution in [1.29, 1.82) is 0 Å². The van der Waals surface area contributed by atoms with Crippen molar-refractivity contribution in [2.75, 3.05) is 12.4 Å². The Morgan fingerprint density at radius 1 is 1.42 bits per heavy atom. The van der Waals surface area contributed by atoms with Crippen molar-refractivity contribution < 1.29 is 13.2 Å². The van der Waals surface area contributed by atoms with Crippen LogP contribution in [-0.2, 0) is 9.84 Å². The molecular formula is C14H21NO3S. The molecule has 0 aliphatic carbocycles. The largest absolute Gasteiger partial charge is 0.492 e.